The van der Waals surface area contributed by atoms with Gasteiger partial charge in [0.1, 0.15) is 11.3 Å². The average Bonchev–Trinajstić information content (AvgIpc) is 3.67. The smallest absolute Gasteiger partial charge is 0.163 e. The fourth-order valence-electron chi connectivity index (χ4n) is 5.96. The number of hydrogen-bond acceptors (Lipinski definition) is 5. The fraction of sp³-hybridized carbons (Fsp3) is 0.290. The van der Waals surface area contributed by atoms with E-state index < -0.39 is 0 Å². The predicted molar refractivity (Wildman–Crippen MR) is 144 cm³/mol. The Labute approximate surface area is 215 Å². The Balaban J connectivity index is 1.06. The Morgan fingerprint density at radius 3 is 3.03 bits per heavy atom. The number of likely N-dealkylation sites (tertiary alicyclic amines) is 1. The Kier molecular flexibility index (Phi) is 5.55. The Morgan fingerprint density at radius 1 is 1.08 bits per heavy atom. The van der Waals surface area contributed by atoms with Crippen molar-refractivity contribution < 1.29 is 13.9 Å². The number of carbonyl (C=O) groups excluding carboxylic acids is 1. The van der Waals surface area contributed by atoms with Crippen molar-refractivity contribution in [2.75, 3.05) is 19.7 Å². The summed E-state index contributed by atoms with van der Waals surface area (Å²) in [5, 5.41) is 9.85. The van der Waals surface area contributed by atoms with Crippen LogP contribution in [0.25, 0.3) is 33.1 Å². The number of benzene rings is 3. The van der Waals surface area contributed by atoms with E-state index in [4.69, 9.17) is 9.15 Å². The fourth-order valence-corrected chi connectivity index (χ4v) is 5.96. The first-order valence-corrected chi connectivity index (χ1v) is 13.2. The van der Waals surface area contributed by atoms with Gasteiger partial charge in [0, 0.05) is 47.8 Å². The average molecular weight is 492 g/mol. The van der Waals surface area contributed by atoms with Gasteiger partial charge in [0.2, 0.25) is 0 Å². The van der Waals surface area contributed by atoms with Crippen molar-refractivity contribution in [3.8, 4) is 17.0 Å². The van der Waals surface area contributed by atoms with Gasteiger partial charge in [-0.15, -0.1) is 0 Å². The molecule has 5 aromatic rings. The molecule has 2 aliphatic rings. The molecular weight excluding hydrogens is 462 g/mol. The summed E-state index contributed by atoms with van der Waals surface area (Å²) in [5.74, 6) is 1.54. The van der Waals surface area contributed by atoms with E-state index in [1.807, 2.05) is 36.4 Å². The van der Waals surface area contributed by atoms with Crippen LogP contribution in [0.3, 0.4) is 0 Å². The SMILES string of the molecule is O=C(C[C@@H]1CCCN(Cc2ccc3occc3c2)C1)c1ccc2[nH]nc(-c3ccc4c(c3)CCO4)c2c1. The highest BCUT2D eigenvalue weighted by atomic mass is 16.5. The highest BCUT2D eigenvalue weighted by Gasteiger charge is 2.24. The zero-order chi connectivity index (χ0) is 24.8. The van der Waals surface area contributed by atoms with Gasteiger partial charge in [0.05, 0.1) is 24.1 Å². The van der Waals surface area contributed by atoms with Gasteiger partial charge in [-0.25, -0.2) is 0 Å². The lowest BCUT2D eigenvalue weighted by Gasteiger charge is -2.32. The number of H-pyrrole nitrogens is 1. The van der Waals surface area contributed by atoms with Crippen molar-refractivity contribution in [3.05, 3.63) is 83.6 Å². The summed E-state index contributed by atoms with van der Waals surface area (Å²) < 4.78 is 11.1. The minimum Gasteiger partial charge on any atom is -0.493 e. The van der Waals surface area contributed by atoms with Gasteiger partial charge in [-0.3, -0.25) is 14.8 Å². The number of piperidine rings is 1. The standard InChI is InChI=1S/C31H29N3O3/c35-28(15-20-2-1-11-34(18-20)19-21-3-7-29-23(14-21)9-12-36-29)22-4-6-27-26(17-22)31(33-32-27)25-5-8-30-24(16-25)10-13-37-30/h3-9,12,14,16-17,20H,1-2,10-11,13,15,18-19H2,(H,32,33)/t20-/m0/s1. The van der Waals surface area contributed by atoms with Crippen LogP contribution in [-0.2, 0) is 13.0 Å². The van der Waals surface area contributed by atoms with Crippen molar-refractivity contribution >= 4 is 27.7 Å². The van der Waals surface area contributed by atoms with Crippen LogP contribution in [0.2, 0.25) is 0 Å². The van der Waals surface area contributed by atoms with Gasteiger partial charge < -0.3 is 9.15 Å². The van der Waals surface area contributed by atoms with Crippen LogP contribution >= 0.6 is 0 Å². The second-order valence-corrected chi connectivity index (χ2v) is 10.4. The third-order valence-electron chi connectivity index (χ3n) is 7.85. The van der Waals surface area contributed by atoms with E-state index >= 15 is 0 Å². The predicted octanol–water partition coefficient (Wildman–Crippen LogP) is 6.40. The van der Waals surface area contributed by atoms with Crippen LogP contribution in [-0.4, -0.2) is 40.6 Å². The van der Waals surface area contributed by atoms with Gasteiger partial charge in [0.25, 0.3) is 0 Å². The number of aromatic amines is 1. The molecular formula is C31H29N3O3. The summed E-state index contributed by atoms with van der Waals surface area (Å²) >= 11 is 0. The van der Waals surface area contributed by atoms with E-state index in [0.717, 1.165) is 89.9 Å². The first-order chi connectivity index (χ1) is 18.2. The van der Waals surface area contributed by atoms with Crippen LogP contribution < -0.4 is 4.74 Å². The number of rotatable bonds is 6. The molecule has 37 heavy (non-hydrogen) atoms. The molecule has 4 heterocycles. The Hall–Kier alpha value is -3.90. The molecule has 2 aliphatic heterocycles. The third-order valence-corrected chi connectivity index (χ3v) is 7.85. The number of Topliss-reactive ketones (excluding diaryl/α,β-unsaturated/α-hetero) is 1. The summed E-state index contributed by atoms with van der Waals surface area (Å²) in [6.07, 6.45) is 5.46. The molecule has 0 amide bonds. The molecule has 0 saturated carbocycles. The van der Waals surface area contributed by atoms with E-state index in [0.29, 0.717) is 12.3 Å². The molecule has 2 aromatic heterocycles. The molecule has 6 heteroatoms. The summed E-state index contributed by atoms with van der Waals surface area (Å²) in [7, 11) is 0. The molecule has 6 nitrogen and oxygen atoms in total. The molecule has 1 saturated heterocycles. The number of hydrogen-bond donors (Lipinski definition) is 1. The molecule has 0 spiro atoms. The Morgan fingerprint density at radius 2 is 2.05 bits per heavy atom. The zero-order valence-electron chi connectivity index (χ0n) is 20.7. The van der Waals surface area contributed by atoms with E-state index in [9.17, 15) is 4.79 Å². The second kappa shape index (κ2) is 9.20. The van der Waals surface area contributed by atoms with E-state index in [-0.39, 0.29) is 5.78 Å². The third kappa shape index (κ3) is 4.31. The molecule has 0 radical (unpaired) electrons. The van der Waals surface area contributed by atoms with Crippen LogP contribution in [0.15, 0.2) is 71.3 Å². The lowest BCUT2D eigenvalue weighted by atomic mass is 9.90. The number of furan rings is 1. The van der Waals surface area contributed by atoms with Gasteiger partial charge in [-0.05, 0) is 91.0 Å². The molecule has 186 valence electrons. The second-order valence-electron chi connectivity index (χ2n) is 10.4. The first-order valence-electron chi connectivity index (χ1n) is 13.2. The van der Waals surface area contributed by atoms with Gasteiger partial charge in [-0.2, -0.15) is 5.10 Å². The topological polar surface area (TPSA) is 71.4 Å². The Bertz CT molecular complexity index is 1610. The van der Waals surface area contributed by atoms with Gasteiger partial charge in [0.15, 0.2) is 5.78 Å². The zero-order valence-corrected chi connectivity index (χ0v) is 20.7. The van der Waals surface area contributed by atoms with Crippen LogP contribution in [0.4, 0.5) is 0 Å². The summed E-state index contributed by atoms with van der Waals surface area (Å²) in [5.41, 5.74) is 7.08. The number of nitrogens with zero attached hydrogens (tertiary/aromatic N) is 2. The molecule has 3 aromatic carbocycles. The number of ketones is 1. The molecule has 1 N–H and O–H groups in total. The lowest BCUT2D eigenvalue weighted by molar-refractivity contribution is 0.0913. The van der Waals surface area contributed by atoms with Gasteiger partial charge in [-0.1, -0.05) is 6.07 Å². The summed E-state index contributed by atoms with van der Waals surface area (Å²) in [6, 6.07) is 20.6. The molecule has 0 bridgehead atoms. The first kappa shape index (κ1) is 22.3. The van der Waals surface area contributed by atoms with Crippen LogP contribution in [0.1, 0.15) is 40.7 Å². The monoisotopic (exact) mass is 491 g/mol. The van der Waals surface area contributed by atoms with Crippen LogP contribution in [0, 0.1) is 5.92 Å². The molecule has 0 unspecified atom stereocenters. The van der Waals surface area contributed by atoms with Crippen molar-refractivity contribution in [3.63, 3.8) is 0 Å². The number of nitrogens with one attached hydrogen (secondary N) is 1. The maximum atomic E-state index is 13.4. The van der Waals surface area contributed by atoms with Crippen LogP contribution in [0.5, 0.6) is 5.75 Å². The largest absolute Gasteiger partial charge is 0.493 e. The maximum absolute atomic E-state index is 13.4. The number of carbonyl (C=O) groups is 1. The number of ether oxygens (including phenoxy) is 1. The quantitative estimate of drug-likeness (QED) is 0.279. The molecule has 7 rings (SSSR count). The summed E-state index contributed by atoms with van der Waals surface area (Å²) in [4.78, 5) is 15.9. The van der Waals surface area contributed by atoms with Crippen molar-refractivity contribution in [1.82, 2.24) is 15.1 Å². The molecule has 1 atom stereocenters. The number of fused-ring (bicyclic) bond motifs is 3. The normalized spacial score (nSPS) is 17.8. The van der Waals surface area contributed by atoms with Crippen molar-refractivity contribution in [2.45, 2.75) is 32.2 Å². The van der Waals surface area contributed by atoms with Crippen molar-refractivity contribution in [1.29, 1.82) is 0 Å². The summed E-state index contributed by atoms with van der Waals surface area (Å²) in [6.45, 7) is 3.66. The van der Waals surface area contributed by atoms with E-state index in [1.54, 1.807) is 6.26 Å². The van der Waals surface area contributed by atoms with Gasteiger partial charge >= 0.3 is 0 Å². The minimum absolute atomic E-state index is 0.211. The number of aromatic nitrogens is 2. The van der Waals surface area contributed by atoms with E-state index in [1.165, 1.54) is 11.1 Å². The van der Waals surface area contributed by atoms with Crippen molar-refractivity contribution in [2.24, 2.45) is 5.92 Å². The maximum Gasteiger partial charge on any atom is 0.163 e. The minimum atomic E-state index is 0.211. The lowest BCUT2D eigenvalue weighted by Crippen LogP contribution is -2.35. The highest BCUT2D eigenvalue weighted by Crippen LogP contribution is 2.33. The highest BCUT2D eigenvalue weighted by molar-refractivity contribution is 6.02. The van der Waals surface area contributed by atoms with E-state index in [2.05, 4.69) is 39.4 Å². The molecule has 1 fully saturated rings. The molecule has 0 aliphatic carbocycles.